The lowest BCUT2D eigenvalue weighted by molar-refractivity contribution is 0.200. The second-order valence-corrected chi connectivity index (χ2v) is 6.44. The van der Waals surface area contributed by atoms with Crippen LogP contribution in [0.4, 0.5) is 4.79 Å². The van der Waals surface area contributed by atoms with Crippen molar-refractivity contribution in [3.8, 4) is 5.75 Å². The highest BCUT2D eigenvalue weighted by molar-refractivity contribution is 7.16. The third-order valence-electron chi connectivity index (χ3n) is 3.56. The zero-order valence-electron chi connectivity index (χ0n) is 12.3. The highest BCUT2D eigenvalue weighted by Crippen LogP contribution is 2.39. The van der Waals surface area contributed by atoms with Gasteiger partial charge in [-0.2, -0.15) is 9.61 Å². The molecule has 7 nitrogen and oxygen atoms in total. The van der Waals surface area contributed by atoms with Gasteiger partial charge in [-0.3, -0.25) is 0 Å². The number of ether oxygens (including phenoxy) is 1. The van der Waals surface area contributed by atoms with Crippen LogP contribution in [0, 0.1) is 0 Å². The Bertz CT molecular complexity index is 825. The fourth-order valence-corrected chi connectivity index (χ4v) is 3.11. The Labute approximate surface area is 136 Å². The third-order valence-corrected chi connectivity index (χ3v) is 4.52. The number of hydrogen-bond acceptors (Lipinski definition) is 6. The number of para-hydroxylation sites is 1. The van der Waals surface area contributed by atoms with Crippen molar-refractivity contribution in [3.05, 3.63) is 41.2 Å². The predicted molar refractivity (Wildman–Crippen MR) is 84.8 cm³/mol. The first-order valence-electron chi connectivity index (χ1n) is 7.51. The standard InChI is InChI=1S/C15H15N5O2S/c21-15(22-11-4-2-1-3-5-11)16-9-8-12-19-20-13(10-6-7-10)17-18-14(20)23-12/h1-5,10H,6-9H2,(H,16,21). The first-order valence-corrected chi connectivity index (χ1v) is 8.33. The van der Waals surface area contributed by atoms with Gasteiger partial charge in [-0.25, -0.2) is 4.79 Å². The van der Waals surface area contributed by atoms with Crippen LogP contribution in [0.3, 0.4) is 0 Å². The average molecular weight is 329 g/mol. The number of carbonyl (C=O) groups excluding carboxylic acids is 1. The summed E-state index contributed by atoms with van der Waals surface area (Å²) < 4.78 is 6.99. The quantitative estimate of drug-likeness (QED) is 0.777. The van der Waals surface area contributed by atoms with Gasteiger partial charge in [0.25, 0.3) is 0 Å². The van der Waals surface area contributed by atoms with Gasteiger partial charge in [0.05, 0.1) is 0 Å². The van der Waals surface area contributed by atoms with Crippen LogP contribution in [-0.4, -0.2) is 32.4 Å². The van der Waals surface area contributed by atoms with Crippen molar-refractivity contribution in [2.75, 3.05) is 6.54 Å². The molecule has 23 heavy (non-hydrogen) atoms. The van der Waals surface area contributed by atoms with E-state index in [0.717, 1.165) is 15.8 Å². The summed E-state index contributed by atoms with van der Waals surface area (Å²) in [5, 5.41) is 16.5. The Kier molecular flexibility index (Phi) is 3.66. The zero-order valence-corrected chi connectivity index (χ0v) is 13.1. The van der Waals surface area contributed by atoms with Gasteiger partial charge in [0.15, 0.2) is 5.82 Å². The van der Waals surface area contributed by atoms with E-state index in [2.05, 4.69) is 20.6 Å². The summed E-state index contributed by atoms with van der Waals surface area (Å²) >= 11 is 1.51. The zero-order chi connectivity index (χ0) is 15.6. The summed E-state index contributed by atoms with van der Waals surface area (Å²) in [4.78, 5) is 12.5. The predicted octanol–water partition coefficient (Wildman–Crippen LogP) is 2.39. The highest BCUT2D eigenvalue weighted by Gasteiger charge is 2.29. The SMILES string of the molecule is O=C(NCCc1nn2c(C3CC3)nnc2s1)Oc1ccccc1. The number of carbonyl (C=O) groups is 1. The molecule has 1 aromatic carbocycles. The molecule has 1 fully saturated rings. The van der Waals surface area contributed by atoms with E-state index in [1.54, 1.807) is 12.1 Å². The van der Waals surface area contributed by atoms with Gasteiger partial charge in [0.2, 0.25) is 4.96 Å². The van der Waals surface area contributed by atoms with Gasteiger partial charge in [0, 0.05) is 18.9 Å². The molecule has 1 aliphatic carbocycles. The summed E-state index contributed by atoms with van der Waals surface area (Å²) in [5.74, 6) is 2.00. The molecule has 1 amide bonds. The van der Waals surface area contributed by atoms with Crippen molar-refractivity contribution in [1.29, 1.82) is 0 Å². The lowest BCUT2D eigenvalue weighted by Crippen LogP contribution is -2.28. The minimum atomic E-state index is -0.460. The molecule has 3 aromatic rings. The van der Waals surface area contributed by atoms with Crippen molar-refractivity contribution < 1.29 is 9.53 Å². The van der Waals surface area contributed by atoms with Crippen LogP contribution in [0.2, 0.25) is 0 Å². The molecule has 2 heterocycles. The summed E-state index contributed by atoms with van der Waals surface area (Å²) in [6.45, 7) is 0.467. The molecule has 0 saturated heterocycles. The van der Waals surface area contributed by atoms with Crippen molar-refractivity contribution in [3.63, 3.8) is 0 Å². The molecular formula is C15H15N5O2S. The number of fused-ring (bicyclic) bond motifs is 1. The number of benzene rings is 1. The van der Waals surface area contributed by atoms with Crippen LogP contribution in [0.1, 0.15) is 29.6 Å². The molecule has 4 rings (SSSR count). The molecule has 0 radical (unpaired) electrons. The fourth-order valence-electron chi connectivity index (χ4n) is 2.27. The maximum atomic E-state index is 11.7. The number of nitrogens with zero attached hydrogens (tertiary/aromatic N) is 4. The summed E-state index contributed by atoms with van der Waals surface area (Å²) in [7, 11) is 0. The van der Waals surface area contributed by atoms with Crippen molar-refractivity contribution in [2.24, 2.45) is 0 Å². The third kappa shape index (κ3) is 3.16. The van der Waals surface area contributed by atoms with Crippen molar-refractivity contribution in [2.45, 2.75) is 25.2 Å². The molecule has 0 unspecified atom stereocenters. The molecule has 1 saturated carbocycles. The first-order chi connectivity index (χ1) is 11.3. The second-order valence-electron chi connectivity index (χ2n) is 5.40. The molecule has 0 aliphatic heterocycles. The molecule has 1 N–H and O–H groups in total. The monoisotopic (exact) mass is 329 g/mol. The molecule has 0 spiro atoms. The fraction of sp³-hybridized carbons (Fsp3) is 0.333. The van der Waals surface area contributed by atoms with E-state index in [9.17, 15) is 4.79 Å². The summed E-state index contributed by atoms with van der Waals surface area (Å²) in [6, 6.07) is 8.98. The molecule has 8 heteroatoms. The number of aromatic nitrogens is 4. The van der Waals surface area contributed by atoms with Gasteiger partial charge in [-0.05, 0) is 25.0 Å². The Morgan fingerprint density at radius 3 is 2.91 bits per heavy atom. The minimum absolute atomic E-state index is 0.460. The van der Waals surface area contributed by atoms with Crippen LogP contribution in [-0.2, 0) is 6.42 Å². The van der Waals surface area contributed by atoms with E-state index in [0.29, 0.717) is 24.6 Å². The lowest BCUT2D eigenvalue weighted by Gasteiger charge is -2.05. The number of hydrogen-bond donors (Lipinski definition) is 1. The van der Waals surface area contributed by atoms with E-state index >= 15 is 0 Å². The van der Waals surface area contributed by atoms with Gasteiger partial charge in [-0.15, -0.1) is 10.2 Å². The van der Waals surface area contributed by atoms with Crippen molar-refractivity contribution >= 4 is 22.4 Å². The average Bonchev–Trinajstić information content (AvgIpc) is 3.19. The van der Waals surface area contributed by atoms with E-state index < -0.39 is 6.09 Å². The van der Waals surface area contributed by atoms with Gasteiger partial charge >= 0.3 is 6.09 Å². The van der Waals surface area contributed by atoms with Crippen LogP contribution in [0.5, 0.6) is 5.75 Å². The Morgan fingerprint density at radius 2 is 2.13 bits per heavy atom. The maximum Gasteiger partial charge on any atom is 0.412 e. The highest BCUT2D eigenvalue weighted by atomic mass is 32.1. The van der Waals surface area contributed by atoms with E-state index in [1.807, 2.05) is 22.7 Å². The second kappa shape index (κ2) is 5.96. The van der Waals surface area contributed by atoms with Gasteiger partial charge in [-0.1, -0.05) is 29.5 Å². The molecular weight excluding hydrogens is 314 g/mol. The molecule has 118 valence electrons. The van der Waals surface area contributed by atoms with Crippen LogP contribution in [0.15, 0.2) is 30.3 Å². The minimum Gasteiger partial charge on any atom is -0.410 e. The maximum absolute atomic E-state index is 11.7. The van der Waals surface area contributed by atoms with Crippen LogP contribution < -0.4 is 10.1 Å². The molecule has 2 aromatic heterocycles. The molecule has 1 aliphatic rings. The van der Waals surface area contributed by atoms with Crippen LogP contribution >= 0.6 is 11.3 Å². The topological polar surface area (TPSA) is 81.4 Å². The first kappa shape index (κ1) is 14.1. The summed E-state index contributed by atoms with van der Waals surface area (Å²) in [5.41, 5.74) is 0. The number of nitrogens with one attached hydrogen (secondary N) is 1. The van der Waals surface area contributed by atoms with Gasteiger partial charge < -0.3 is 10.1 Å². The van der Waals surface area contributed by atoms with Crippen molar-refractivity contribution in [1.82, 2.24) is 25.1 Å². The van der Waals surface area contributed by atoms with E-state index in [1.165, 1.54) is 24.2 Å². The summed E-state index contributed by atoms with van der Waals surface area (Å²) in [6.07, 6.45) is 2.51. The largest absolute Gasteiger partial charge is 0.412 e. The smallest absolute Gasteiger partial charge is 0.410 e. The van der Waals surface area contributed by atoms with E-state index in [4.69, 9.17) is 4.74 Å². The Morgan fingerprint density at radius 1 is 1.30 bits per heavy atom. The number of amides is 1. The molecule has 0 bridgehead atoms. The molecule has 0 atom stereocenters. The Hall–Kier alpha value is -2.48. The lowest BCUT2D eigenvalue weighted by atomic mass is 10.3. The Balaban J connectivity index is 1.31. The normalized spacial score (nSPS) is 14.1. The van der Waals surface area contributed by atoms with E-state index in [-0.39, 0.29) is 0 Å². The number of rotatable bonds is 5. The van der Waals surface area contributed by atoms with Gasteiger partial charge in [0.1, 0.15) is 10.8 Å². The van der Waals surface area contributed by atoms with Crippen LogP contribution in [0.25, 0.3) is 4.96 Å².